The van der Waals surface area contributed by atoms with Crippen molar-refractivity contribution >= 4 is 5.78 Å². The van der Waals surface area contributed by atoms with Gasteiger partial charge in [0.15, 0.2) is 5.78 Å². The summed E-state index contributed by atoms with van der Waals surface area (Å²) >= 11 is 0. The maximum Gasteiger partial charge on any atom is 0.164 e. The Kier molecular flexibility index (Phi) is 4.59. The summed E-state index contributed by atoms with van der Waals surface area (Å²) in [6, 6.07) is 4.14. The number of hydrogen-bond acceptors (Lipinski definition) is 3. The third-order valence-corrected chi connectivity index (χ3v) is 4.10. The van der Waals surface area contributed by atoms with Crippen molar-refractivity contribution in [2.24, 2.45) is 0 Å². The van der Waals surface area contributed by atoms with Gasteiger partial charge < -0.3 is 10.1 Å². The number of carbonyl (C=O) groups is 1. The van der Waals surface area contributed by atoms with Gasteiger partial charge in [0.1, 0.15) is 5.75 Å². The number of benzene rings is 1. The molecule has 104 valence electrons. The van der Waals surface area contributed by atoms with E-state index < -0.39 is 0 Å². The van der Waals surface area contributed by atoms with E-state index in [9.17, 15) is 4.79 Å². The highest BCUT2D eigenvalue weighted by atomic mass is 16.5. The number of carbonyl (C=O) groups excluding carboxylic acids is 1. The van der Waals surface area contributed by atoms with Crippen molar-refractivity contribution in [2.45, 2.75) is 45.6 Å². The smallest absolute Gasteiger partial charge is 0.164 e. The average molecular weight is 261 g/mol. The van der Waals surface area contributed by atoms with Crippen LogP contribution in [0.1, 0.15) is 47.2 Å². The van der Waals surface area contributed by atoms with E-state index in [4.69, 9.17) is 4.74 Å². The Labute approximate surface area is 115 Å². The molecule has 1 unspecified atom stereocenters. The molecule has 3 nitrogen and oxygen atoms in total. The van der Waals surface area contributed by atoms with E-state index in [1.54, 1.807) is 7.11 Å². The monoisotopic (exact) mass is 261 g/mol. The third-order valence-electron chi connectivity index (χ3n) is 4.10. The minimum absolute atomic E-state index is 0.239. The summed E-state index contributed by atoms with van der Waals surface area (Å²) in [7, 11) is 1.66. The molecule has 0 amide bonds. The van der Waals surface area contributed by atoms with Crippen LogP contribution in [-0.2, 0) is 0 Å². The van der Waals surface area contributed by atoms with Crippen LogP contribution in [0.4, 0.5) is 0 Å². The highest BCUT2D eigenvalue weighted by molar-refractivity contribution is 5.98. The quantitative estimate of drug-likeness (QED) is 0.847. The van der Waals surface area contributed by atoms with Crippen molar-refractivity contribution in [3.05, 3.63) is 28.8 Å². The summed E-state index contributed by atoms with van der Waals surface area (Å²) in [5.74, 6) is 1.09. The number of ketones is 1. The Morgan fingerprint density at radius 2 is 2.11 bits per heavy atom. The van der Waals surface area contributed by atoms with Gasteiger partial charge in [-0.3, -0.25) is 4.79 Å². The first kappa shape index (κ1) is 14.1. The van der Waals surface area contributed by atoms with E-state index in [0.29, 0.717) is 12.5 Å². The van der Waals surface area contributed by atoms with E-state index in [1.165, 1.54) is 12.8 Å². The highest BCUT2D eigenvalue weighted by Crippen LogP contribution is 2.25. The molecule has 19 heavy (non-hydrogen) atoms. The lowest BCUT2D eigenvalue weighted by Gasteiger charge is -2.23. The number of methoxy groups -OCH3 is 1. The second-order valence-corrected chi connectivity index (χ2v) is 5.34. The predicted octanol–water partition coefficient (Wildman–Crippen LogP) is 3.03. The van der Waals surface area contributed by atoms with Crippen LogP contribution in [0.25, 0.3) is 0 Å². The molecular weight excluding hydrogens is 238 g/mol. The maximum atomic E-state index is 12.4. The van der Waals surface area contributed by atoms with E-state index in [0.717, 1.165) is 35.4 Å². The molecule has 1 heterocycles. The molecule has 1 aliphatic rings. The van der Waals surface area contributed by atoms with Crippen LogP contribution in [0.15, 0.2) is 12.1 Å². The van der Waals surface area contributed by atoms with Gasteiger partial charge in [-0.15, -0.1) is 0 Å². The normalized spacial score (nSPS) is 19.2. The van der Waals surface area contributed by atoms with Crippen molar-refractivity contribution in [3.8, 4) is 5.75 Å². The van der Waals surface area contributed by atoms with Crippen LogP contribution in [0, 0.1) is 13.8 Å². The van der Waals surface area contributed by atoms with E-state index >= 15 is 0 Å². The van der Waals surface area contributed by atoms with Gasteiger partial charge in [0.25, 0.3) is 0 Å². The standard InChI is InChI=1S/C16H23NO2/c1-11-12(2)16(19-3)8-7-14(11)15(18)10-13-6-4-5-9-17-13/h7-8,13,17H,4-6,9-10H2,1-3H3. The predicted molar refractivity (Wildman–Crippen MR) is 77.1 cm³/mol. The fourth-order valence-corrected chi connectivity index (χ4v) is 2.75. The molecule has 1 aliphatic heterocycles. The number of ether oxygens (including phenoxy) is 1. The van der Waals surface area contributed by atoms with Gasteiger partial charge in [-0.1, -0.05) is 6.42 Å². The van der Waals surface area contributed by atoms with Crippen molar-refractivity contribution < 1.29 is 9.53 Å². The number of rotatable bonds is 4. The second-order valence-electron chi connectivity index (χ2n) is 5.34. The summed E-state index contributed by atoms with van der Waals surface area (Å²) in [6.07, 6.45) is 4.17. The minimum Gasteiger partial charge on any atom is -0.496 e. The Morgan fingerprint density at radius 3 is 2.74 bits per heavy atom. The molecule has 3 heteroatoms. The van der Waals surface area contributed by atoms with Crippen molar-refractivity contribution in [2.75, 3.05) is 13.7 Å². The second kappa shape index (κ2) is 6.20. The fraction of sp³-hybridized carbons (Fsp3) is 0.562. The molecule has 0 aliphatic carbocycles. The SMILES string of the molecule is COc1ccc(C(=O)CC2CCCCN2)c(C)c1C. The first-order valence-electron chi connectivity index (χ1n) is 7.04. The minimum atomic E-state index is 0.239. The Morgan fingerprint density at radius 1 is 1.32 bits per heavy atom. The molecule has 1 aromatic rings. The number of hydrogen-bond donors (Lipinski definition) is 1. The van der Waals surface area contributed by atoms with Gasteiger partial charge in [0.2, 0.25) is 0 Å². The zero-order valence-electron chi connectivity index (χ0n) is 12.1. The van der Waals surface area contributed by atoms with Crippen LogP contribution >= 0.6 is 0 Å². The first-order chi connectivity index (χ1) is 9.13. The van der Waals surface area contributed by atoms with Crippen molar-refractivity contribution in [1.29, 1.82) is 0 Å². The molecule has 1 atom stereocenters. The Hall–Kier alpha value is -1.35. The molecular formula is C16H23NO2. The molecule has 0 bridgehead atoms. The van der Waals surface area contributed by atoms with Gasteiger partial charge in [0, 0.05) is 18.0 Å². The van der Waals surface area contributed by atoms with Crippen LogP contribution < -0.4 is 10.1 Å². The average Bonchev–Trinajstić information content (AvgIpc) is 2.42. The lowest BCUT2D eigenvalue weighted by atomic mass is 9.93. The van der Waals surface area contributed by atoms with E-state index in [-0.39, 0.29) is 5.78 Å². The lowest BCUT2D eigenvalue weighted by molar-refractivity contribution is 0.0963. The summed E-state index contributed by atoms with van der Waals surface area (Å²) in [4.78, 5) is 12.4. The highest BCUT2D eigenvalue weighted by Gasteiger charge is 2.19. The molecule has 1 fully saturated rings. The van der Waals surface area contributed by atoms with Gasteiger partial charge in [-0.2, -0.15) is 0 Å². The summed E-state index contributed by atoms with van der Waals surface area (Å²) in [5.41, 5.74) is 2.94. The third kappa shape index (κ3) is 3.16. The molecule has 1 N–H and O–H groups in total. The van der Waals surface area contributed by atoms with Crippen LogP contribution in [0.3, 0.4) is 0 Å². The molecule has 0 spiro atoms. The fourth-order valence-electron chi connectivity index (χ4n) is 2.75. The zero-order chi connectivity index (χ0) is 13.8. The van der Waals surface area contributed by atoms with Crippen molar-refractivity contribution in [3.63, 3.8) is 0 Å². The summed E-state index contributed by atoms with van der Waals surface area (Å²) in [5, 5.41) is 3.43. The van der Waals surface area contributed by atoms with Crippen LogP contribution in [0.5, 0.6) is 5.75 Å². The van der Waals surface area contributed by atoms with Gasteiger partial charge >= 0.3 is 0 Å². The topological polar surface area (TPSA) is 38.3 Å². The molecule has 0 radical (unpaired) electrons. The molecule has 0 saturated carbocycles. The molecule has 1 saturated heterocycles. The molecule has 2 rings (SSSR count). The number of piperidine rings is 1. The largest absolute Gasteiger partial charge is 0.496 e. The summed E-state index contributed by atoms with van der Waals surface area (Å²) < 4.78 is 5.29. The van der Waals surface area contributed by atoms with Gasteiger partial charge in [0.05, 0.1) is 7.11 Å². The van der Waals surface area contributed by atoms with E-state index in [2.05, 4.69) is 5.32 Å². The Balaban J connectivity index is 2.12. The summed E-state index contributed by atoms with van der Waals surface area (Å²) in [6.45, 7) is 5.04. The number of Topliss-reactive ketones (excluding diaryl/α,β-unsaturated/α-hetero) is 1. The molecule has 1 aromatic carbocycles. The van der Waals surface area contributed by atoms with E-state index in [1.807, 2.05) is 26.0 Å². The van der Waals surface area contributed by atoms with Gasteiger partial charge in [-0.25, -0.2) is 0 Å². The molecule has 0 aromatic heterocycles. The zero-order valence-corrected chi connectivity index (χ0v) is 12.1. The first-order valence-corrected chi connectivity index (χ1v) is 7.04. The Bertz CT molecular complexity index is 462. The maximum absolute atomic E-state index is 12.4. The van der Waals surface area contributed by atoms with Crippen LogP contribution in [-0.4, -0.2) is 25.5 Å². The van der Waals surface area contributed by atoms with Crippen LogP contribution in [0.2, 0.25) is 0 Å². The van der Waals surface area contributed by atoms with Crippen molar-refractivity contribution in [1.82, 2.24) is 5.32 Å². The van der Waals surface area contributed by atoms with Gasteiger partial charge in [-0.05, 0) is 56.5 Å². The lowest BCUT2D eigenvalue weighted by Crippen LogP contribution is -2.35. The number of nitrogens with one attached hydrogen (secondary N) is 1.